The van der Waals surface area contributed by atoms with Crippen LogP contribution in [0.25, 0.3) is 0 Å². The molecule has 1 unspecified atom stereocenters. The minimum absolute atomic E-state index is 0.0982. The highest BCUT2D eigenvalue weighted by molar-refractivity contribution is 5.76. The fourth-order valence-electron chi connectivity index (χ4n) is 1.49. The van der Waals surface area contributed by atoms with Gasteiger partial charge in [0.05, 0.1) is 23.9 Å². The molecule has 0 fully saturated rings. The highest BCUT2D eigenvalue weighted by Crippen LogP contribution is 2.23. The molecule has 0 aliphatic rings. The summed E-state index contributed by atoms with van der Waals surface area (Å²) in [6.45, 7) is 0.248. The third-order valence-corrected chi connectivity index (χ3v) is 2.26. The van der Waals surface area contributed by atoms with Crippen molar-refractivity contribution in [3.05, 3.63) is 11.4 Å². The quantitative estimate of drug-likeness (QED) is 0.844. The molecule has 0 aliphatic heterocycles. The van der Waals surface area contributed by atoms with Crippen LogP contribution < -0.4 is 5.73 Å². The van der Waals surface area contributed by atoms with Gasteiger partial charge >= 0.3 is 6.18 Å². The molecule has 1 amide bonds. The number of alkyl halides is 3. The topological polar surface area (TPSA) is 83.0 Å². The molecule has 1 aromatic heterocycles. The van der Waals surface area contributed by atoms with Crippen molar-refractivity contribution in [3.63, 3.8) is 0 Å². The number of nitrogens with zero attached hydrogens (tertiary/aromatic N) is 3. The number of primary amides is 1. The minimum Gasteiger partial charge on any atom is -0.375 e. The molecule has 0 radical (unpaired) electrons. The second kappa shape index (κ2) is 5.34. The summed E-state index contributed by atoms with van der Waals surface area (Å²) in [7, 11) is 1.34. The maximum Gasteiger partial charge on any atom is 0.408 e. The summed E-state index contributed by atoms with van der Waals surface area (Å²) >= 11 is 0. The van der Waals surface area contributed by atoms with Gasteiger partial charge in [0.2, 0.25) is 5.91 Å². The number of nitrogens with two attached hydrogens (primary N) is 1. The first kappa shape index (κ1) is 14.4. The molecule has 102 valence electrons. The molecule has 0 saturated carbocycles. The van der Waals surface area contributed by atoms with E-state index in [-0.39, 0.29) is 17.8 Å². The molecule has 0 aromatic carbocycles. The smallest absolute Gasteiger partial charge is 0.375 e. The van der Waals surface area contributed by atoms with Crippen LogP contribution in [0.2, 0.25) is 0 Å². The SMILES string of the molecule is COC(C)c1c(CC(N)=O)nnn1CC(F)(F)F. The number of carbonyl (C=O) groups excluding carboxylic acids is 1. The number of carbonyl (C=O) groups is 1. The highest BCUT2D eigenvalue weighted by atomic mass is 19.4. The molecule has 1 rings (SSSR count). The van der Waals surface area contributed by atoms with Crippen LogP contribution in [0.3, 0.4) is 0 Å². The molecule has 1 heterocycles. The zero-order chi connectivity index (χ0) is 13.9. The predicted octanol–water partition coefficient (Wildman–Crippen LogP) is 0.576. The van der Waals surface area contributed by atoms with Crippen LogP contribution in [-0.4, -0.2) is 34.2 Å². The zero-order valence-corrected chi connectivity index (χ0v) is 9.86. The van der Waals surface area contributed by atoms with E-state index in [2.05, 4.69) is 10.3 Å². The molecule has 9 heteroatoms. The van der Waals surface area contributed by atoms with Crippen LogP contribution in [0.1, 0.15) is 24.4 Å². The van der Waals surface area contributed by atoms with Crippen molar-refractivity contribution in [2.75, 3.05) is 7.11 Å². The summed E-state index contributed by atoms with van der Waals surface area (Å²) in [4.78, 5) is 10.8. The highest BCUT2D eigenvalue weighted by Gasteiger charge is 2.32. The Kier molecular flexibility index (Phi) is 4.28. The molecule has 1 aromatic rings. The van der Waals surface area contributed by atoms with Crippen LogP contribution in [0.4, 0.5) is 13.2 Å². The summed E-state index contributed by atoms with van der Waals surface area (Å²) in [6.07, 6.45) is -5.38. The van der Waals surface area contributed by atoms with Crippen molar-refractivity contribution in [2.24, 2.45) is 5.73 Å². The van der Waals surface area contributed by atoms with E-state index in [1.807, 2.05) is 0 Å². The lowest BCUT2D eigenvalue weighted by atomic mass is 10.1. The molecule has 1 atom stereocenters. The Bertz CT molecular complexity index is 430. The third-order valence-electron chi connectivity index (χ3n) is 2.26. The Hall–Kier alpha value is -1.64. The van der Waals surface area contributed by atoms with Gasteiger partial charge in [-0.3, -0.25) is 4.79 Å². The van der Waals surface area contributed by atoms with E-state index < -0.39 is 24.7 Å². The van der Waals surface area contributed by atoms with Gasteiger partial charge < -0.3 is 10.5 Å². The van der Waals surface area contributed by atoms with Gasteiger partial charge in [-0.1, -0.05) is 5.21 Å². The Labute approximate surface area is 101 Å². The number of aromatic nitrogens is 3. The normalized spacial score (nSPS) is 13.6. The number of methoxy groups -OCH3 is 1. The van der Waals surface area contributed by atoms with Crippen molar-refractivity contribution in [1.82, 2.24) is 15.0 Å². The Morgan fingerprint density at radius 1 is 1.56 bits per heavy atom. The minimum atomic E-state index is -4.43. The molecule has 18 heavy (non-hydrogen) atoms. The lowest BCUT2D eigenvalue weighted by Crippen LogP contribution is -2.22. The Morgan fingerprint density at radius 3 is 2.61 bits per heavy atom. The number of ether oxygens (including phenoxy) is 1. The van der Waals surface area contributed by atoms with Crippen molar-refractivity contribution in [1.29, 1.82) is 0 Å². The standard InChI is InChI=1S/C9H13F3N4O2/c1-5(18-2)8-6(3-7(13)17)14-15-16(8)4-9(10,11)12/h5H,3-4H2,1-2H3,(H2,13,17). The van der Waals surface area contributed by atoms with Gasteiger partial charge in [-0.2, -0.15) is 13.2 Å². The number of halogens is 3. The fraction of sp³-hybridized carbons (Fsp3) is 0.667. The molecular weight excluding hydrogens is 253 g/mol. The van der Waals surface area contributed by atoms with Crippen molar-refractivity contribution < 1.29 is 22.7 Å². The van der Waals surface area contributed by atoms with Gasteiger partial charge in [-0.05, 0) is 6.92 Å². The molecule has 2 N–H and O–H groups in total. The summed E-state index contributed by atoms with van der Waals surface area (Å²) in [5.41, 5.74) is 5.20. The second-order valence-electron chi connectivity index (χ2n) is 3.72. The van der Waals surface area contributed by atoms with E-state index in [1.54, 1.807) is 0 Å². The van der Waals surface area contributed by atoms with Crippen molar-refractivity contribution >= 4 is 5.91 Å². The van der Waals surface area contributed by atoms with Gasteiger partial charge in [0.25, 0.3) is 0 Å². The Balaban J connectivity index is 3.11. The van der Waals surface area contributed by atoms with E-state index in [0.717, 1.165) is 0 Å². The van der Waals surface area contributed by atoms with E-state index >= 15 is 0 Å². The van der Waals surface area contributed by atoms with Gasteiger partial charge in [0.1, 0.15) is 6.54 Å². The van der Waals surface area contributed by atoms with Crippen LogP contribution >= 0.6 is 0 Å². The first-order valence-electron chi connectivity index (χ1n) is 5.04. The van der Waals surface area contributed by atoms with E-state index in [1.165, 1.54) is 14.0 Å². The maximum atomic E-state index is 12.3. The first-order valence-corrected chi connectivity index (χ1v) is 5.04. The van der Waals surface area contributed by atoms with Crippen LogP contribution in [0.15, 0.2) is 0 Å². The first-order chi connectivity index (χ1) is 8.24. The fourth-order valence-corrected chi connectivity index (χ4v) is 1.49. The van der Waals surface area contributed by atoms with Gasteiger partial charge in [0.15, 0.2) is 0 Å². The van der Waals surface area contributed by atoms with E-state index in [0.29, 0.717) is 4.68 Å². The van der Waals surface area contributed by atoms with Crippen molar-refractivity contribution in [2.45, 2.75) is 32.2 Å². The lowest BCUT2D eigenvalue weighted by Gasteiger charge is -2.14. The maximum absolute atomic E-state index is 12.3. The number of amides is 1. The molecule has 0 saturated heterocycles. The van der Waals surface area contributed by atoms with E-state index in [9.17, 15) is 18.0 Å². The van der Waals surface area contributed by atoms with Gasteiger partial charge in [0, 0.05) is 7.11 Å². The average molecular weight is 266 g/mol. The van der Waals surface area contributed by atoms with Gasteiger partial charge in [-0.25, -0.2) is 4.68 Å². The predicted molar refractivity (Wildman–Crippen MR) is 54.4 cm³/mol. The Morgan fingerprint density at radius 2 is 2.17 bits per heavy atom. The van der Waals surface area contributed by atoms with Gasteiger partial charge in [-0.15, -0.1) is 5.10 Å². The van der Waals surface area contributed by atoms with Crippen LogP contribution in [-0.2, 0) is 22.5 Å². The molecule has 0 spiro atoms. The number of hydrogen-bond donors (Lipinski definition) is 1. The van der Waals surface area contributed by atoms with Crippen molar-refractivity contribution in [3.8, 4) is 0 Å². The second-order valence-corrected chi connectivity index (χ2v) is 3.72. The third kappa shape index (κ3) is 3.69. The van der Waals surface area contributed by atoms with Crippen LogP contribution in [0, 0.1) is 0 Å². The average Bonchev–Trinajstić information content (AvgIpc) is 2.56. The summed E-state index contributed by atoms with van der Waals surface area (Å²) in [5, 5.41) is 6.92. The molecular formula is C9H13F3N4O2. The monoisotopic (exact) mass is 266 g/mol. The van der Waals surface area contributed by atoms with E-state index in [4.69, 9.17) is 10.5 Å². The largest absolute Gasteiger partial charge is 0.408 e. The van der Waals surface area contributed by atoms with Crippen LogP contribution in [0.5, 0.6) is 0 Å². The molecule has 0 aliphatic carbocycles. The summed E-state index contributed by atoms with van der Waals surface area (Å²) in [5.74, 6) is -0.696. The number of rotatable bonds is 5. The zero-order valence-electron chi connectivity index (χ0n) is 9.86. The summed E-state index contributed by atoms with van der Waals surface area (Å²) in [6, 6.07) is 0. The molecule has 0 bridgehead atoms. The lowest BCUT2D eigenvalue weighted by molar-refractivity contribution is -0.143. The number of hydrogen-bond acceptors (Lipinski definition) is 4. The summed E-state index contributed by atoms with van der Waals surface area (Å²) < 4.78 is 42.6. The molecule has 6 nitrogen and oxygen atoms in total.